The summed E-state index contributed by atoms with van der Waals surface area (Å²) in [5.41, 5.74) is 2.91. The first-order chi connectivity index (χ1) is 22.8. The van der Waals surface area contributed by atoms with Gasteiger partial charge in [0, 0.05) is 55.8 Å². The molecular weight excluding hydrogens is 598 g/mol. The maximum absolute atomic E-state index is 13.2. The van der Waals surface area contributed by atoms with Crippen LogP contribution in [0.3, 0.4) is 0 Å². The number of urea groups is 1. The Morgan fingerprint density at radius 1 is 0.872 bits per heavy atom. The molecule has 0 bridgehead atoms. The Hall–Kier alpha value is -5.13. The fourth-order valence-electron chi connectivity index (χ4n) is 6.30. The summed E-state index contributed by atoms with van der Waals surface area (Å²) in [7, 11) is 3.14. The third-order valence-electron chi connectivity index (χ3n) is 9.00. The van der Waals surface area contributed by atoms with Crippen LogP contribution in [-0.2, 0) is 6.54 Å². The minimum atomic E-state index is -0.247. The van der Waals surface area contributed by atoms with Crippen LogP contribution in [0.25, 0.3) is 16.7 Å². The molecule has 2 aliphatic rings. The summed E-state index contributed by atoms with van der Waals surface area (Å²) < 4.78 is 12.2. The van der Waals surface area contributed by atoms with E-state index in [4.69, 9.17) is 19.4 Å². The van der Waals surface area contributed by atoms with Crippen LogP contribution in [0.1, 0.15) is 53.7 Å². The summed E-state index contributed by atoms with van der Waals surface area (Å²) in [4.78, 5) is 52.6. The van der Waals surface area contributed by atoms with Crippen LogP contribution in [0.5, 0.6) is 11.5 Å². The standard InChI is InChI=1S/C35H41N7O5/c1-23-28-14-16-31(43)42(27-12-10-25(11-13-27)33(44)36-22-24-9-15-29(46-2)30(21-24)47-3)32(28)39-34(37-23)40-17-19-41(20-18-40)35(45)38-26-7-5-4-6-8-26/h9-16,21,26H,4-8,17-20,22H2,1-3H3,(H,36,44)(H,38,45). The first-order valence-electron chi connectivity index (χ1n) is 16.1. The SMILES string of the molecule is COc1ccc(CNC(=O)c2ccc(-n3c(=O)ccc4c(C)nc(N5CCN(C(=O)NC6CCCCC6)CC5)nc43)cc2)cc1OC. The lowest BCUT2D eigenvalue weighted by Gasteiger charge is -2.36. The highest BCUT2D eigenvalue weighted by molar-refractivity contribution is 5.94. The van der Waals surface area contributed by atoms with Gasteiger partial charge in [0.1, 0.15) is 0 Å². The maximum Gasteiger partial charge on any atom is 0.317 e. The van der Waals surface area contributed by atoms with Gasteiger partial charge in [-0.3, -0.25) is 14.2 Å². The smallest absolute Gasteiger partial charge is 0.317 e. The Bertz CT molecular complexity index is 1810. The van der Waals surface area contributed by atoms with Crippen molar-refractivity contribution in [1.82, 2.24) is 30.1 Å². The summed E-state index contributed by atoms with van der Waals surface area (Å²) in [5.74, 6) is 1.48. The normalized spacial score (nSPS) is 15.4. The van der Waals surface area contributed by atoms with Crippen LogP contribution in [0.2, 0.25) is 0 Å². The molecule has 1 aliphatic heterocycles. The van der Waals surface area contributed by atoms with Gasteiger partial charge < -0.3 is 29.9 Å². The molecule has 47 heavy (non-hydrogen) atoms. The highest BCUT2D eigenvalue weighted by Gasteiger charge is 2.26. The van der Waals surface area contributed by atoms with Gasteiger partial charge in [0.25, 0.3) is 11.5 Å². The minimum Gasteiger partial charge on any atom is -0.493 e. The molecule has 12 heteroatoms. The van der Waals surface area contributed by atoms with Crippen molar-refractivity contribution in [3.8, 4) is 17.2 Å². The molecule has 246 valence electrons. The lowest BCUT2D eigenvalue weighted by molar-refractivity contribution is 0.0951. The summed E-state index contributed by atoms with van der Waals surface area (Å²) in [5, 5.41) is 6.89. The van der Waals surface area contributed by atoms with Gasteiger partial charge in [-0.05, 0) is 67.8 Å². The molecular formula is C35H41N7O5. The van der Waals surface area contributed by atoms with E-state index in [9.17, 15) is 14.4 Å². The second-order valence-corrected chi connectivity index (χ2v) is 12.0. The number of aromatic nitrogens is 3. The van der Waals surface area contributed by atoms with E-state index in [0.29, 0.717) is 67.1 Å². The van der Waals surface area contributed by atoms with Crippen LogP contribution >= 0.6 is 0 Å². The lowest BCUT2D eigenvalue weighted by Crippen LogP contribution is -2.54. The number of fused-ring (bicyclic) bond motifs is 1. The highest BCUT2D eigenvalue weighted by atomic mass is 16.5. The maximum atomic E-state index is 13.2. The summed E-state index contributed by atoms with van der Waals surface area (Å²) >= 11 is 0. The number of aryl methyl sites for hydroxylation is 1. The van der Waals surface area contributed by atoms with E-state index in [0.717, 1.165) is 29.5 Å². The van der Waals surface area contributed by atoms with E-state index in [1.165, 1.54) is 25.3 Å². The van der Waals surface area contributed by atoms with E-state index < -0.39 is 0 Å². The third-order valence-corrected chi connectivity index (χ3v) is 9.00. The second-order valence-electron chi connectivity index (χ2n) is 12.0. The molecule has 4 aromatic rings. The van der Waals surface area contributed by atoms with Gasteiger partial charge in [0.05, 0.1) is 25.6 Å². The number of carbonyl (C=O) groups is 2. The van der Waals surface area contributed by atoms with Crippen molar-refractivity contribution in [2.24, 2.45) is 0 Å². The van der Waals surface area contributed by atoms with E-state index >= 15 is 0 Å². The number of anilines is 1. The van der Waals surface area contributed by atoms with Crippen molar-refractivity contribution in [3.63, 3.8) is 0 Å². The molecule has 0 spiro atoms. The average molecular weight is 640 g/mol. The molecule has 1 saturated heterocycles. The highest BCUT2D eigenvalue weighted by Crippen LogP contribution is 2.28. The van der Waals surface area contributed by atoms with Crippen LogP contribution < -0.4 is 30.6 Å². The van der Waals surface area contributed by atoms with Crippen molar-refractivity contribution >= 4 is 28.9 Å². The largest absolute Gasteiger partial charge is 0.493 e. The van der Waals surface area contributed by atoms with E-state index in [1.807, 2.05) is 24.0 Å². The lowest BCUT2D eigenvalue weighted by atomic mass is 9.96. The van der Waals surface area contributed by atoms with Crippen LogP contribution in [-0.4, -0.2) is 77.8 Å². The number of nitrogens with one attached hydrogen (secondary N) is 2. The molecule has 3 heterocycles. The van der Waals surface area contributed by atoms with Crippen molar-refractivity contribution in [2.45, 2.75) is 51.6 Å². The number of pyridine rings is 1. The van der Waals surface area contributed by atoms with E-state index in [1.54, 1.807) is 55.2 Å². The summed E-state index contributed by atoms with van der Waals surface area (Å²) in [6.45, 7) is 4.52. The minimum absolute atomic E-state index is 0.000842. The zero-order chi connectivity index (χ0) is 32.9. The van der Waals surface area contributed by atoms with Gasteiger partial charge in [0.15, 0.2) is 17.1 Å². The molecule has 2 aromatic carbocycles. The topological polar surface area (TPSA) is 131 Å². The molecule has 3 amide bonds. The fourth-order valence-corrected chi connectivity index (χ4v) is 6.30. The predicted octanol–water partition coefficient (Wildman–Crippen LogP) is 4.20. The van der Waals surface area contributed by atoms with Gasteiger partial charge in [0.2, 0.25) is 5.95 Å². The second kappa shape index (κ2) is 14.1. The number of hydrogen-bond acceptors (Lipinski definition) is 8. The summed E-state index contributed by atoms with van der Waals surface area (Å²) in [6, 6.07) is 15.9. The Morgan fingerprint density at radius 3 is 2.30 bits per heavy atom. The van der Waals surface area contributed by atoms with Gasteiger partial charge in [-0.25, -0.2) is 9.78 Å². The third kappa shape index (κ3) is 7.01. The van der Waals surface area contributed by atoms with Crippen LogP contribution in [0.4, 0.5) is 10.7 Å². The van der Waals surface area contributed by atoms with Crippen molar-refractivity contribution in [1.29, 1.82) is 0 Å². The Kier molecular flexibility index (Phi) is 9.55. The van der Waals surface area contributed by atoms with Gasteiger partial charge >= 0.3 is 6.03 Å². The Balaban J connectivity index is 1.16. The molecule has 1 saturated carbocycles. The Labute approximate surface area is 273 Å². The molecule has 2 aromatic heterocycles. The molecule has 6 rings (SSSR count). The van der Waals surface area contributed by atoms with Crippen LogP contribution in [0, 0.1) is 6.92 Å². The van der Waals surface area contributed by atoms with Gasteiger partial charge in [-0.2, -0.15) is 4.98 Å². The number of nitrogens with zero attached hydrogens (tertiary/aromatic N) is 5. The number of hydrogen-bond donors (Lipinski definition) is 2. The van der Waals surface area contributed by atoms with E-state index in [2.05, 4.69) is 15.5 Å². The molecule has 12 nitrogen and oxygen atoms in total. The number of amides is 3. The van der Waals surface area contributed by atoms with Gasteiger partial charge in [-0.15, -0.1) is 0 Å². The molecule has 2 fully saturated rings. The first kappa shape index (κ1) is 31.8. The van der Waals surface area contributed by atoms with Crippen molar-refractivity contribution in [3.05, 3.63) is 81.8 Å². The summed E-state index contributed by atoms with van der Waals surface area (Å²) in [6.07, 6.45) is 5.69. The number of methoxy groups -OCH3 is 2. The number of benzene rings is 2. The monoisotopic (exact) mass is 639 g/mol. The van der Waals surface area contributed by atoms with E-state index in [-0.39, 0.29) is 23.5 Å². The molecule has 1 aliphatic carbocycles. The number of ether oxygens (including phenoxy) is 2. The number of carbonyl (C=O) groups excluding carboxylic acids is 2. The molecule has 0 atom stereocenters. The molecule has 2 N–H and O–H groups in total. The quantitative estimate of drug-likeness (QED) is 0.294. The predicted molar refractivity (Wildman–Crippen MR) is 180 cm³/mol. The van der Waals surface area contributed by atoms with Crippen molar-refractivity contribution in [2.75, 3.05) is 45.3 Å². The first-order valence-corrected chi connectivity index (χ1v) is 16.1. The van der Waals surface area contributed by atoms with Gasteiger partial charge in [-0.1, -0.05) is 25.3 Å². The van der Waals surface area contributed by atoms with Crippen molar-refractivity contribution < 1.29 is 19.1 Å². The molecule has 0 unspecified atom stereocenters. The molecule has 0 radical (unpaired) electrons. The zero-order valence-corrected chi connectivity index (χ0v) is 27.1. The number of rotatable bonds is 8. The zero-order valence-electron chi connectivity index (χ0n) is 27.1. The average Bonchev–Trinajstić information content (AvgIpc) is 3.10. The number of piperazine rings is 1. The Morgan fingerprint density at radius 2 is 1.60 bits per heavy atom. The fraction of sp³-hybridized carbons (Fsp3) is 0.400. The van der Waals surface area contributed by atoms with Crippen LogP contribution in [0.15, 0.2) is 59.4 Å².